The molecule has 0 amide bonds. The van der Waals surface area contributed by atoms with Crippen molar-refractivity contribution in [3.05, 3.63) is 53.2 Å². The number of nitrogens with one attached hydrogen (secondary N) is 1. The molecule has 0 aliphatic heterocycles. The van der Waals surface area contributed by atoms with E-state index in [9.17, 15) is 4.79 Å². The van der Waals surface area contributed by atoms with Crippen molar-refractivity contribution in [1.29, 1.82) is 0 Å². The van der Waals surface area contributed by atoms with E-state index in [-0.39, 0.29) is 5.56 Å². The summed E-state index contributed by atoms with van der Waals surface area (Å²) in [6.07, 6.45) is 0. The highest BCUT2D eigenvalue weighted by Gasteiger charge is 2.08. The van der Waals surface area contributed by atoms with Crippen LogP contribution in [0.15, 0.2) is 36.4 Å². The van der Waals surface area contributed by atoms with Gasteiger partial charge in [0.2, 0.25) is 0 Å². The van der Waals surface area contributed by atoms with E-state index >= 15 is 0 Å². The monoisotopic (exact) mass is 242 g/mol. The van der Waals surface area contributed by atoms with E-state index in [0.717, 1.165) is 5.69 Å². The summed E-state index contributed by atoms with van der Waals surface area (Å²) in [7, 11) is 0. The molecule has 0 unspecified atom stereocenters. The van der Waals surface area contributed by atoms with Gasteiger partial charge in [-0.05, 0) is 38.1 Å². The number of carboxylic acids is 1. The van der Waals surface area contributed by atoms with Crippen LogP contribution in [0.1, 0.15) is 21.6 Å². The molecule has 2 N–H and O–H groups in total. The third kappa shape index (κ3) is 2.66. The number of hydrogen-bond acceptors (Lipinski definition) is 3. The highest BCUT2D eigenvalue weighted by atomic mass is 16.4. The molecule has 4 nitrogen and oxygen atoms in total. The van der Waals surface area contributed by atoms with Gasteiger partial charge in [0.25, 0.3) is 0 Å². The van der Waals surface area contributed by atoms with Gasteiger partial charge >= 0.3 is 5.97 Å². The molecular formula is C14H14N2O2. The minimum absolute atomic E-state index is 0.226. The molecule has 0 saturated heterocycles. The van der Waals surface area contributed by atoms with Gasteiger partial charge in [0, 0.05) is 5.69 Å². The number of rotatable bonds is 3. The zero-order valence-electron chi connectivity index (χ0n) is 10.3. The Hall–Kier alpha value is -2.36. The number of aromatic nitrogens is 1. The van der Waals surface area contributed by atoms with E-state index < -0.39 is 5.97 Å². The zero-order chi connectivity index (χ0) is 13.1. The van der Waals surface area contributed by atoms with Gasteiger partial charge in [-0.25, -0.2) is 9.78 Å². The van der Waals surface area contributed by atoms with Crippen LogP contribution in [0.3, 0.4) is 0 Å². The van der Waals surface area contributed by atoms with Crippen molar-refractivity contribution in [2.24, 2.45) is 0 Å². The summed E-state index contributed by atoms with van der Waals surface area (Å²) >= 11 is 0. The number of benzene rings is 1. The van der Waals surface area contributed by atoms with Crippen molar-refractivity contribution < 1.29 is 9.90 Å². The topological polar surface area (TPSA) is 62.2 Å². The molecule has 1 aromatic heterocycles. The van der Waals surface area contributed by atoms with Crippen molar-refractivity contribution >= 4 is 17.5 Å². The number of aromatic carboxylic acids is 1. The van der Waals surface area contributed by atoms with Gasteiger partial charge in [-0.3, -0.25) is 0 Å². The summed E-state index contributed by atoms with van der Waals surface area (Å²) in [6.45, 7) is 3.71. The molecule has 92 valence electrons. The quantitative estimate of drug-likeness (QED) is 0.868. The van der Waals surface area contributed by atoms with Crippen molar-refractivity contribution in [2.45, 2.75) is 13.8 Å². The maximum Gasteiger partial charge on any atom is 0.337 e. The minimum Gasteiger partial charge on any atom is -0.478 e. The van der Waals surface area contributed by atoms with Gasteiger partial charge in [-0.1, -0.05) is 17.7 Å². The fourth-order valence-corrected chi connectivity index (χ4v) is 1.64. The van der Waals surface area contributed by atoms with Crippen molar-refractivity contribution in [3.8, 4) is 0 Å². The second-order valence-electron chi connectivity index (χ2n) is 4.13. The van der Waals surface area contributed by atoms with Crippen molar-refractivity contribution in [1.82, 2.24) is 4.98 Å². The lowest BCUT2D eigenvalue weighted by Gasteiger charge is -2.08. The summed E-state index contributed by atoms with van der Waals surface area (Å²) in [4.78, 5) is 15.1. The Morgan fingerprint density at radius 1 is 1.11 bits per heavy atom. The van der Waals surface area contributed by atoms with Crippen LogP contribution in [-0.2, 0) is 0 Å². The molecule has 1 heterocycles. The average molecular weight is 242 g/mol. The molecule has 2 rings (SSSR count). The fourth-order valence-electron chi connectivity index (χ4n) is 1.64. The van der Waals surface area contributed by atoms with E-state index in [1.54, 1.807) is 19.1 Å². The summed E-state index contributed by atoms with van der Waals surface area (Å²) in [5.74, 6) is -0.316. The third-order valence-corrected chi connectivity index (χ3v) is 2.64. The Kier molecular flexibility index (Phi) is 3.28. The predicted molar refractivity (Wildman–Crippen MR) is 70.4 cm³/mol. The Morgan fingerprint density at radius 2 is 1.78 bits per heavy atom. The van der Waals surface area contributed by atoms with Gasteiger partial charge in [-0.2, -0.15) is 0 Å². The molecule has 0 atom stereocenters. The molecular weight excluding hydrogens is 228 g/mol. The minimum atomic E-state index is -0.957. The van der Waals surface area contributed by atoms with Gasteiger partial charge in [0.1, 0.15) is 5.82 Å². The predicted octanol–water partition coefficient (Wildman–Crippen LogP) is 3.14. The smallest absolute Gasteiger partial charge is 0.337 e. The van der Waals surface area contributed by atoms with Crippen LogP contribution in [-0.4, -0.2) is 16.1 Å². The van der Waals surface area contributed by atoms with Gasteiger partial charge in [-0.15, -0.1) is 0 Å². The molecule has 0 bridgehead atoms. The van der Waals surface area contributed by atoms with E-state index in [4.69, 9.17) is 5.11 Å². The lowest BCUT2D eigenvalue weighted by Crippen LogP contribution is -2.03. The average Bonchev–Trinajstić information content (AvgIpc) is 2.32. The van der Waals surface area contributed by atoms with E-state index in [1.165, 1.54) is 5.56 Å². The molecule has 18 heavy (non-hydrogen) atoms. The van der Waals surface area contributed by atoms with E-state index in [1.807, 2.05) is 31.2 Å². The number of carboxylic acid groups (broad SMARTS) is 1. The van der Waals surface area contributed by atoms with Crippen LogP contribution < -0.4 is 5.32 Å². The van der Waals surface area contributed by atoms with E-state index in [2.05, 4.69) is 10.3 Å². The molecule has 4 heteroatoms. The second kappa shape index (κ2) is 4.87. The van der Waals surface area contributed by atoms with Crippen molar-refractivity contribution in [2.75, 3.05) is 5.32 Å². The summed E-state index contributed by atoms with van der Waals surface area (Å²) in [6, 6.07) is 11.1. The second-order valence-corrected chi connectivity index (χ2v) is 4.13. The molecule has 2 aromatic rings. The van der Waals surface area contributed by atoms with Crippen LogP contribution in [0.2, 0.25) is 0 Å². The fraction of sp³-hybridized carbons (Fsp3) is 0.143. The first-order chi connectivity index (χ1) is 8.56. The Bertz CT molecular complexity index is 577. The molecule has 1 aromatic carbocycles. The molecule has 0 fully saturated rings. The number of nitrogens with zero attached hydrogens (tertiary/aromatic N) is 1. The highest BCUT2D eigenvalue weighted by Crippen LogP contribution is 2.17. The van der Waals surface area contributed by atoms with Gasteiger partial charge < -0.3 is 10.4 Å². The Labute approximate surface area is 105 Å². The zero-order valence-corrected chi connectivity index (χ0v) is 10.3. The first-order valence-electron chi connectivity index (χ1n) is 5.61. The normalized spacial score (nSPS) is 10.1. The molecule has 0 aliphatic carbocycles. The standard InChI is InChI=1S/C14H14N2O2/c1-9-3-5-11(6-4-9)16-13-8-7-12(14(17)18)10(2)15-13/h3-8H,1-2H3,(H,15,16)(H,17,18). The van der Waals surface area contributed by atoms with E-state index in [0.29, 0.717) is 11.5 Å². The highest BCUT2D eigenvalue weighted by molar-refractivity contribution is 5.89. The first kappa shape index (κ1) is 12.1. The van der Waals surface area contributed by atoms with Crippen LogP contribution >= 0.6 is 0 Å². The van der Waals surface area contributed by atoms with Crippen LogP contribution in [0.25, 0.3) is 0 Å². The molecule has 0 spiro atoms. The van der Waals surface area contributed by atoms with Crippen LogP contribution in [0, 0.1) is 13.8 Å². The summed E-state index contributed by atoms with van der Waals surface area (Å²) in [5.41, 5.74) is 2.84. The SMILES string of the molecule is Cc1ccc(Nc2ccc(C(=O)O)c(C)n2)cc1. The Balaban J connectivity index is 2.22. The number of anilines is 2. The maximum absolute atomic E-state index is 10.9. The molecule has 0 saturated carbocycles. The molecule has 0 aliphatic rings. The number of pyridine rings is 1. The third-order valence-electron chi connectivity index (χ3n) is 2.64. The molecule has 0 radical (unpaired) electrons. The lowest BCUT2D eigenvalue weighted by atomic mass is 10.2. The maximum atomic E-state index is 10.9. The van der Waals surface area contributed by atoms with Crippen LogP contribution in [0.4, 0.5) is 11.5 Å². The number of aryl methyl sites for hydroxylation is 2. The van der Waals surface area contributed by atoms with Crippen LogP contribution in [0.5, 0.6) is 0 Å². The van der Waals surface area contributed by atoms with Gasteiger partial charge in [0.15, 0.2) is 0 Å². The van der Waals surface area contributed by atoms with Crippen molar-refractivity contribution in [3.63, 3.8) is 0 Å². The Morgan fingerprint density at radius 3 is 2.33 bits per heavy atom. The largest absolute Gasteiger partial charge is 0.478 e. The lowest BCUT2D eigenvalue weighted by molar-refractivity contribution is 0.0695. The first-order valence-corrected chi connectivity index (χ1v) is 5.61. The summed E-state index contributed by atoms with van der Waals surface area (Å²) in [5, 5.41) is 12.1. The number of hydrogen-bond donors (Lipinski definition) is 2. The number of carbonyl (C=O) groups is 1. The van der Waals surface area contributed by atoms with Gasteiger partial charge in [0.05, 0.1) is 11.3 Å². The summed E-state index contributed by atoms with van der Waals surface area (Å²) < 4.78 is 0.